The summed E-state index contributed by atoms with van der Waals surface area (Å²) in [6, 6.07) is 10.5. The Morgan fingerprint density at radius 3 is 2.74 bits per heavy atom. The summed E-state index contributed by atoms with van der Waals surface area (Å²) in [6.07, 6.45) is 2.86. The second-order valence-electron chi connectivity index (χ2n) is 8.28. The number of aromatic nitrogens is 2. The molecule has 0 radical (unpaired) electrons. The number of fused-ring (bicyclic) bond motifs is 4. The fraction of sp³-hybridized carbons (Fsp3) is 0.571. The average molecular weight is 368 g/mol. The molecule has 3 aliphatic rings. The van der Waals surface area contributed by atoms with Gasteiger partial charge in [0.25, 0.3) is 0 Å². The van der Waals surface area contributed by atoms with E-state index in [-0.39, 0.29) is 12.0 Å². The summed E-state index contributed by atoms with van der Waals surface area (Å²) in [6.45, 7) is 7.31. The Morgan fingerprint density at radius 2 is 1.96 bits per heavy atom. The van der Waals surface area contributed by atoms with E-state index in [0.717, 1.165) is 38.2 Å². The zero-order valence-corrected chi connectivity index (χ0v) is 16.2. The van der Waals surface area contributed by atoms with Gasteiger partial charge in [-0.05, 0) is 24.3 Å². The third-order valence-electron chi connectivity index (χ3n) is 5.52. The zero-order valence-electron chi connectivity index (χ0n) is 16.2. The molecule has 2 aromatic rings. The summed E-state index contributed by atoms with van der Waals surface area (Å²) in [5, 5.41) is 4.14. The molecule has 1 aromatic heterocycles. The highest BCUT2D eigenvalue weighted by molar-refractivity contribution is 5.80. The molecule has 6 nitrogen and oxygen atoms in total. The Morgan fingerprint density at radius 1 is 1.15 bits per heavy atom. The topological polar surface area (TPSA) is 62.5 Å². The molecule has 6 heteroatoms. The van der Waals surface area contributed by atoms with Crippen molar-refractivity contribution in [3.63, 3.8) is 0 Å². The van der Waals surface area contributed by atoms with Crippen LogP contribution in [-0.2, 0) is 24.3 Å². The number of nitrogens with zero attached hydrogens (tertiary/aromatic N) is 4. The number of benzene rings is 1. The van der Waals surface area contributed by atoms with Gasteiger partial charge in [0.15, 0.2) is 5.82 Å². The molecular formula is C21H28N4O2. The summed E-state index contributed by atoms with van der Waals surface area (Å²) < 4.78 is 5.37. The van der Waals surface area contributed by atoms with Crippen LogP contribution in [0.1, 0.15) is 44.0 Å². The standard InChI is InChI=1S/C21H28N4O2/c1-15(2)10-20-22-19(23-27-20)14-24-12-17-8-9-18(13-24)25(21(17)26)11-16-6-4-3-5-7-16/h3-7,15,17-18H,8-14H2,1-2H3/t17-,18+/m1/s1. The zero-order chi connectivity index (χ0) is 18.8. The molecule has 2 bridgehead atoms. The maximum Gasteiger partial charge on any atom is 0.227 e. The van der Waals surface area contributed by atoms with Gasteiger partial charge < -0.3 is 9.42 Å². The van der Waals surface area contributed by atoms with Crippen LogP contribution in [0.5, 0.6) is 0 Å². The van der Waals surface area contributed by atoms with E-state index < -0.39 is 0 Å². The highest BCUT2D eigenvalue weighted by Gasteiger charge is 2.40. The highest BCUT2D eigenvalue weighted by Crippen LogP contribution is 2.31. The van der Waals surface area contributed by atoms with Crippen molar-refractivity contribution in [2.75, 3.05) is 13.1 Å². The van der Waals surface area contributed by atoms with E-state index in [9.17, 15) is 4.79 Å². The molecule has 144 valence electrons. The van der Waals surface area contributed by atoms with Crippen LogP contribution in [0.4, 0.5) is 0 Å². The molecule has 0 spiro atoms. The maximum atomic E-state index is 13.0. The maximum absolute atomic E-state index is 13.0. The summed E-state index contributed by atoms with van der Waals surface area (Å²) in [7, 11) is 0. The Labute approximate surface area is 160 Å². The van der Waals surface area contributed by atoms with E-state index in [4.69, 9.17) is 4.52 Å². The van der Waals surface area contributed by atoms with E-state index in [1.165, 1.54) is 5.56 Å². The van der Waals surface area contributed by atoms with Crippen molar-refractivity contribution < 1.29 is 9.32 Å². The predicted octanol–water partition coefficient (Wildman–Crippen LogP) is 2.89. The van der Waals surface area contributed by atoms with Crippen molar-refractivity contribution in [1.29, 1.82) is 0 Å². The van der Waals surface area contributed by atoms with Crippen LogP contribution in [0.3, 0.4) is 0 Å². The normalized spacial score (nSPS) is 23.2. The van der Waals surface area contributed by atoms with Gasteiger partial charge in [0.05, 0.1) is 12.5 Å². The molecule has 3 fully saturated rings. The monoisotopic (exact) mass is 368 g/mol. The van der Waals surface area contributed by atoms with Crippen molar-refractivity contribution in [2.45, 2.75) is 52.2 Å². The lowest BCUT2D eigenvalue weighted by Crippen LogP contribution is -2.47. The second-order valence-corrected chi connectivity index (χ2v) is 8.28. The SMILES string of the molecule is CC(C)Cc1nc(CN2C[C@H]3CC[C@@H](C2)N(Cc2ccccc2)C3=O)no1. The number of piperidine rings is 1. The van der Waals surface area contributed by atoms with Gasteiger partial charge in [-0.15, -0.1) is 0 Å². The van der Waals surface area contributed by atoms with Crippen LogP contribution in [0.2, 0.25) is 0 Å². The largest absolute Gasteiger partial charge is 0.339 e. The van der Waals surface area contributed by atoms with Gasteiger partial charge in [0.2, 0.25) is 11.8 Å². The highest BCUT2D eigenvalue weighted by atomic mass is 16.5. The van der Waals surface area contributed by atoms with E-state index in [2.05, 4.69) is 45.9 Å². The predicted molar refractivity (Wildman–Crippen MR) is 102 cm³/mol. The minimum absolute atomic E-state index is 0.0782. The molecule has 0 N–H and O–H groups in total. The minimum Gasteiger partial charge on any atom is -0.339 e. The molecule has 5 rings (SSSR count). The number of amides is 1. The molecule has 3 saturated heterocycles. The van der Waals surface area contributed by atoms with Crippen molar-refractivity contribution in [3.05, 3.63) is 47.6 Å². The fourth-order valence-corrected chi connectivity index (χ4v) is 4.23. The summed E-state index contributed by atoms with van der Waals surface area (Å²) in [5.41, 5.74) is 1.20. The summed E-state index contributed by atoms with van der Waals surface area (Å²) in [5.74, 6) is 2.31. The molecule has 4 heterocycles. The molecule has 0 aliphatic carbocycles. The average Bonchev–Trinajstić information content (AvgIpc) is 2.90. The molecule has 1 amide bonds. The lowest BCUT2D eigenvalue weighted by atomic mass is 9.93. The van der Waals surface area contributed by atoms with Gasteiger partial charge in [-0.2, -0.15) is 4.98 Å². The first kappa shape index (κ1) is 18.2. The Balaban J connectivity index is 1.44. The third-order valence-corrected chi connectivity index (χ3v) is 5.52. The van der Waals surface area contributed by atoms with Crippen molar-refractivity contribution in [3.8, 4) is 0 Å². The number of carbonyl (C=O) groups excluding carboxylic acids is 1. The van der Waals surface area contributed by atoms with Gasteiger partial charge in [-0.1, -0.05) is 49.3 Å². The third kappa shape index (κ3) is 4.21. The Hall–Kier alpha value is -2.21. The molecule has 1 aromatic carbocycles. The van der Waals surface area contributed by atoms with Crippen LogP contribution in [0.15, 0.2) is 34.9 Å². The van der Waals surface area contributed by atoms with E-state index in [0.29, 0.717) is 30.8 Å². The first-order valence-electron chi connectivity index (χ1n) is 9.96. The quantitative estimate of drug-likeness (QED) is 0.784. The number of hydrogen-bond donors (Lipinski definition) is 0. The molecule has 0 unspecified atom stereocenters. The van der Waals surface area contributed by atoms with Crippen LogP contribution >= 0.6 is 0 Å². The summed E-state index contributed by atoms with van der Waals surface area (Å²) in [4.78, 5) is 21.9. The number of carbonyl (C=O) groups is 1. The number of hydrogen-bond acceptors (Lipinski definition) is 5. The van der Waals surface area contributed by atoms with Gasteiger partial charge in [0.1, 0.15) is 0 Å². The molecular weight excluding hydrogens is 340 g/mol. The Kier molecular flexibility index (Phi) is 5.25. The van der Waals surface area contributed by atoms with Gasteiger partial charge >= 0.3 is 0 Å². The molecule has 27 heavy (non-hydrogen) atoms. The first-order chi connectivity index (χ1) is 13.1. The second kappa shape index (κ2) is 7.80. The smallest absolute Gasteiger partial charge is 0.227 e. The van der Waals surface area contributed by atoms with Gasteiger partial charge in [-0.3, -0.25) is 9.69 Å². The van der Waals surface area contributed by atoms with Crippen LogP contribution in [0.25, 0.3) is 0 Å². The lowest BCUT2D eigenvalue weighted by molar-refractivity contribution is -0.140. The Bertz CT molecular complexity index is 773. The summed E-state index contributed by atoms with van der Waals surface area (Å²) >= 11 is 0. The van der Waals surface area contributed by atoms with Crippen LogP contribution in [0, 0.1) is 11.8 Å². The van der Waals surface area contributed by atoms with Crippen LogP contribution < -0.4 is 0 Å². The van der Waals surface area contributed by atoms with E-state index in [1.54, 1.807) is 0 Å². The molecule has 2 atom stereocenters. The lowest BCUT2D eigenvalue weighted by Gasteiger charge is -2.36. The van der Waals surface area contributed by atoms with Gasteiger partial charge in [0, 0.05) is 32.1 Å². The van der Waals surface area contributed by atoms with Crippen molar-refractivity contribution >= 4 is 5.91 Å². The van der Waals surface area contributed by atoms with E-state index in [1.807, 2.05) is 18.2 Å². The molecule has 0 saturated carbocycles. The minimum atomic E-state index is 0.0782. The van der Waals surface area contributed by atoms with Gasteiger partial charge in [-0.25, -0.2) is 0 Å². The van der Waals surface area contributed by atoms with Crippen molar-refractivity contribution in [2.24, 2.45) is 11.8 Å². The molecule has 3 aliphatic heterocycles. The van der Waals surface area contributed by atoms with E-state index >= 15 is 0 Å². The van der Waals surface area contributed by atoms with Crippen molar-refractivity contribution in [1.82, 2.24) is 19.9 Å². The van der Waals surface area contributed by atoms with Crippen LogP contribution in [-0.4, -0.2) is 45.0 Å². The fourth-order valence-electron chi connectivity index (χ4n) is 4.23. The first-order valence-corrected chi connectivity index (χ1v) is 9.96. The number of rotatable bonds is 6.